The van der Waals surface area contributed by atoms with Gasteiger partial charge in [0.15, 0.2) is 0 Å². The van der Waals surface area contributed by atoms with Gasteiger partial charge < -0.3 is 10.5 Å². The number of nitrogens with two attached hydrogens (primary N) is 1. The molecule has 0 saturated carbocycles. The Morgan fingerprint density at radius 3 is 2.62 bits per heavy atom. The molecule has 1 aromatic rings. The highest BCUT2D eigenvalue weighted by Gasteiger charge is 1.98. The minimum absolute atomic E-state index is 0.266. The summed E-state index contributed by atoms with van der Waals surface area (Å²) in [6, 6.07) is 6.04. The van der Waals surface area contributed by atoms with Crippen molar-refractivity contribution in [3.05, 3.63) is 29.3 Å². The van der Waals surface area contributed by atoms with Gasteiger partial charge in [0.25, 0.3) is 0 Å². The minimum atomic E-state index is 0.266. The van der Waals surface area contributed by atoms with Crippen molar-refractivity contribution in [3.63, 3.8) is 0 Å². The van der Waals surface area contributed by atoms with E-state index in [2.05, 4.69) is 0 Å². The second-order valence-electron chi connectivity index (χ2n) is 3.55. The van der Waals surface area contributed by atoms with Crippen molar-refractivity contribution in [3.8, 4) is 0 Å². The van der Waals surface area contributed by atoms with E-state index in [4.69, 9.17) is 10.5 Å². The highest BCUT2D eigenvalue weighted by Crippen LogP contribution is 2.13. The molecule has 0 atom stereocenters. The molecule has 0 fully saturated rings. The molecule has 2 N–H and O–H groups in total. The Bertz CT molecular complexity index is 281. The topological polar surface area (TPSA) is 35.2 Å². The van der Waals surface area contributed by atoms with Crippen molar-refractivity contribution in [1.82, 2.24) is 0 Å². The van der Waals surface area contributed by atoms with Gasteiger partial charge in [-0.25, -0.2) is 0 Å². The molecule has 0 amide bonds. The maximum absolute atomic E-state index is 5.77. The van der Waals surface area contributed by atoms with Crippen molar-refractivity contribution in [1.29, 1.82) is 0 Å². The van der Waals surface area contributed by atoms with Crippen LogP contribution in [0.25, 0.3) is 0 Å². The molecule has 2 nitrogen and oxygen atoms in total. The predicted octanol–water partition coefficient (Wildman–Crippen LogP) is 2.50. The number of ether oxygens (including phenoxy) is 1. The van der Waals surface area contributed by atoms with E-state index in [0.717, 1.165) is 16.8 Å². The largest absolute Gasteiger partial charge is 0.399 e. The zero-order valence-corrected chi connectivity index (χ0v) is 8.50. The summed E-state index contributed by atoms with van der Waals surface area (Å²) in [6.45, 7) is 6.69. The van der Waals surface area contributed by atoms with Gasteiger partial charge in [-0.05, 0) is 38.0 Å². The molecule has 0 radical (unpaired) electrons. The SMILES string of the molecule is Cc1ccc(COC(C)C)cc1N. The first kappa shape index (κ1) is 10.1. The summed E-state index contributed by atoms with van der Waals surface area (Å²) in [5.74, 6) is 0. The monoisotopic (exact) mass is 179 g/mol. The Balaban J connectivity index is 2.63. The molecule has 0 aliphatic carbocycles. The summed E-state index contributed by atoms with van der Waals surface area (Å²) in [7, 11) is 0. The number of hydrogen-bond donors (Lipinski definition) is 1. The standard InChI is InChI=1S/C11H17NO/c1-8(2)13-7-10-5-4-9(3)11(12)6-10/h4-6,8H,7,12H2,1-3H3. The van der Waals surface area contributed by atoms with Crippen LogP contribution in [-0.2, 0) is 11.3 Å². The van der Waals surface area contributed by atoms with E-state index >= 15 is 0 Å². The zero-order valence-electron chi connectivity index (χ0n) is 8.50. The fourth-order valence-electron chi connectivity index (χ4n) is 1.04. The number of anilines is 1. The average Bonchev–Trinajstić information content (AvgIpc) is 2.07. The van der Waals surface area contributed by atoms with Crippen molar-refractivity contribution in [2.45, 2.75) is 33.5 Å². The van der Waals surface area contributed by atoms with E-state index in [9.17, 15) is 0 Å². The molecule has 0 bridgehead atoms. The van der Waals surface area contributed by atoms with E-state index in [0.29, 0.717) is 6.61 Å². The normalized spacial score (nSPS) is 10.8. The first-order valence-electron chi connectivity index (χ1n) is 4.56. The van der Waals surface area contributed by atoms with Gasteiger partial charge in [0.2, 0.25) is 0 Å². The van der Waals surface area contributed by atoms with Crippen molar-refractivity contribution in [2.24, 2.45) is 0 Å². The highest BCUT2D eigenvalue weighted by atomic mass is 16.5. The first-order valence-corrected chi connectivity index (χ1v) is 4.56. The molecule has 1 aromatic carbocycles. The van der Waals surface area contributed by atoms with Crippen molar-refractivity contribution >= 4 is 5.69 Å². The summed E-state index contributed by atoms with van der Waals surface area (Å²) < 4.78 is 5.47. The second-order valence-corrected chi connectivity index (χ2v) is 3.55. The van der Waals surface area contributed by atoms with Crippen molar-refractivity contribution < 1.29 is 4.74 Å². The smallest absolute Gasteiger partial charge is 0.0721 e. The zero-order chi connectivity index (χ0) is 9.84. The lowest BCUT2D eigenvalue weighted by Gasteiger charge is -2.08. The average molecular weight is 179 g/mol. The van der Waals surface area contributed by atoms with Crippen LogP contribution in [0, 0.1) is 6.92 Å². The van der Waals surface area contributed by atoms with E-state index in [1.54, 1.807) is 0 Å². The summed E-state index contributed by atoms with van der Waals surface area (Å²) in [6.07, 6.45) is 0.266. The molecule has 0 aliphatic rings. The Morgan fingerprint density at radius 2 is 2.08 bits per heavy atom. The fraction of sp³-hybridized carbons (Fsp3) is 0.455. The number of rotatable bonds is 3. The van der Waals surface area contributed by atoms with Gasteiger partial charge in [0.05, 0.1) is 12.7 Å². The van der Waals surface area contributed by atoms with Crippen LogP contribution in [0.4, 0.5) is 5.69 Å². The van der Waals surface area contributed by atoms with Crippen molar-refractivity contribution in [2.75, 3.05) is 5.73 Å². The van der Waals surface area contributed by atoms with Crippen LogP contribution in [0.3, 0.4) is 0 Å². The van der Waals surface area contributed by atoms with Crippen LogP contribution in [0.1, 0.15) is 25.0 Å². The Hall–Kier alpha value is -1.02. The van der Waals surface area contributed by atoms with Gasteiger partial charge >= 0.3 is 0 Å². The third-order valence-electron chi connectivity index (χ3n) is 1.93. The Labute approximate surface area is 79.7 Å². The molecule has 0 spiro atoms. The Morgan fingerprint density at radius 1 is 1.38 bits per heavy atom. The molecule has 0 unspecified atom stereocenters. The highest BCUT2D eigenvalue weighted by molar-refractivity contribution is 5.48. The second kappa shape index (κ2) is 4.28. The summed E-state index contributed by atoms with van der Waals surface area (Å²) in [4.78, 5) is 0. The molecular formula is C11H17NO. The van der Waals surface area contributed by atoms with Gasteiger partial charge in [-0.2, -0.15) is 0 Å². The van der Waals surface area contributed by atoms with E-state index < -0.39 is 0 Å². The molecule has 0 aliphatic heterocycles. The summed E-state index contributed by atoms with van der Waals surface area (Å²) in [5.41, 5.74) is 8.86. The van der Waals surface area contributed by atoms with E-state index in [1.807, 2.05) is 39.0 Å². The van der Waals surface area contributed by atoms with Crippen LogP contribution >= 0.6 is 0 Å². The predicted molar refractivity (Wildman–Crippen MR) is 55.5 cm³/mol. The van der Waals surface area contributed by atoms with Crippen LogP contribution in [0.5, 0.6) is 0 Å². The maximum atomic E-state index is 5.77. The lowest BCUT2D eigenvalue weighted by atomic mass is 10.1. The number of benzene rings is 1. The van der Waals surface area contributed by atoms with Crippen LogP contribution in [-0.4, -0.2) is 6.10 Å². The lowest BCUT2D eigenvalue weighted by molar-refractivity contribution is 0.0657. The molecule has 2 heteroatoms. The minimum Gasteiger partial charge on any atom is -0.399 e. The molecule has 72 valence electrons. The molecular weight excluding hydrogens is 162 g/mol. The summed E-state index contributed by atoms with van der Waals surface area (Å²) >= 11 is 0. The number of aryl methyl sites for hydroxylation is 1. The van der Waals surface area contributed by atoms with Crippen LogP contribution in [0.15, 0.2) is 18.2 Å². The third-order valence-corrected chi connectivity index (χ3v) is 1.93. The summed E-state index contributed by atoms with van der Waals surface area (Å²) in [5, 5.41) is 0. The molecule has 13 heavy (non-hydrogen) atoms. The first-order chi connectivity index (χ1) is 6.09. The lowest BCUT2D eigenvalue weighted by Crippen LogP contribution is -2.02. The number of hydrogen-bond acceptors (Lipinski definition) is 2. The van der Waals surface area contributed by atoms with Gasteiger partial charge in [0.1, 0.15) is 0 Å². The molecule has 1 rings (SSSR count). The van der Waals surface area contributed by atoms with Crippen LogP contribution < -0.4 is 5.73 Å². The van der Waals surface area contributed by atoms with Gasteiger partial charge in [-0.1, -0.05) is 12.1 Å². The van der Waals surface area contributed by atoms with Crippen LogP contribution in [0.2, 0.25) is 0 Å². The third kappa shape index (κ3) is 3.07. The van der Waals surface area contributed by atoms with Gasteiger partial charge in [-0.15, -0.1) is 0 Å². The van der Waals surface area contributed by atoms with Gasteiger partial charge in [0, 0.05) is 5.69 Å². The maximum Gasteiger partial charge on any atom is 0.0721 e. The quantitative estimate of drug-likeness (QED) is 0.723. The van der Waals surface area contributed by atoms with E-state index in [1.165, 1.54) is 0 Å². The molecule has 0 saturated heterocycles. The molecule has 0 heterocycles. The fourth-order valence-corrected chi connectivity index (χ4v) is 1.04. The number of nitrogen functional groups attached to an aromatic ring is 1. The molecule has 0 aromatic heterocycles. The van der Waals surface area contributed by atoms with Gasteiger partial charge in [-0.3, -0.25) is 0 Å². The van der Waals surface area contributed by atoms with E-state index in [-0.39, 0.29) is 6.10 Å². The Kier molecular flexibility index (Phi) is 3.32.